The predicted octanol–water partition coefficient (Wildman–Crippen LogP) is 1.52. The summed E-state index contributed by atoms with van der Waals surface area (Å²) >= 11 is 0. The predicted molar refractivity (Wildman–Crippen MR) is 57.9 cm³/mol. The number of likely N-dealkylation sites (tertiary alicyclic amines) is 1. The minimum atomic E-state index is -0.452. The molecule has 1 saturated heterocycles. The van der Waals surface area contributed by atoms with E-state index >= 15 is 0 Å². The second-order valence-electron chi connectivity index (χ2n) is 6.41. The Labute approximate surface area is 95.6 Å². The smallest absolute Gasteiger partial charge is 0.410 e. The van der Waals surface area contributed by atoms with E-state index in [1.807, 2.05) is 20.8 Å². The number of carbonyl (C=O) groups excluding carboxylic acids is 1. The van der Waals surface area contributed by atoms with Gasteiger partial charge in [-0.15, -0.1) is 0 Å². The van der Waals surface area contributed by atoms with Crippen LogP contribution in [0.1, 0.15) is 40.0 Å². The maximum atomic E-state index is 12.0. The minimum absolute atomic E-state index is 0.0427. The highest BCUT2D eigenvalue weighted by Gasteiger charge is 2.76. The number of fused-ring (bicyclic) bond motifs is 1. The van der Waals surface area contributed by atoms with Crippen LogP contribution < -0.4 is 0 Å². The summed E-state index contributed by atoms with van der Waals surface area (Å²) in [4.78, 5) is 13.8. The lowest BCUT2D eigenvalue weighted by molar-refractivity contribution is 0.0127. The standard InChI is InChI=1S/C12H19NO3/c1-11(2,3)16-10(15)13-7-4-5-12(6-7)8(13)9(12)14/h7-9,14H,4-6H2,1-3H3/t7-,8+,9?,12?/m0/s1. The van der Waals surface area contributed by atoms with Crippen molar-refractivity contribution >= 4 is 6.09 Å². The Kier molecular flexibility index (Phi) is 1.77. The van der Waals surface area contributed by atoms with Gasteiger partial charge in [0.25, 0.3) is 0 Å². The highest BCUT2D eigenvalue weighted by atomic mass is 16.6. The summed E-state index contributed by atoms with van der Waals surface area (Å²) in [5.41, 5.74) is -0.409. The van der Waals surface area contributed by atoms with Crippen molar-refractivity contribution in [2.45, 2.75) is 63.8 Å². The number of rotatable bonds is 0. The quantitative estimate of drug-likeness (QED) is 0.680. The van der Waals surface area contributed by atoms with Gasteiger partial charge in [0.15, 0.2) is 0 Å². The largest absolute Gasteiger partial charge is 0.444 e. The van der Waals surface area contributed by atoms with E-state index in [1.165, 1.54) is 0 Å². The second-order valence-corrected chi connectivity index (χ2v) is 6.41. The third-order valence-electron chi connectivity index (χ3n) is 4.22. The van der Waals surface area contributed by atoms with Crippen molar-refractivity contribution in [1.82, 2.24) is 4.90 Å². The Hall–Kier alpha value is -0.770. The van der Waals surface area contributed by atoms with Gasteiger partial charge < -0.3 is 9.84 Å². The molecule has 4 heteroatoms. The molecule has 4 nitrogen and oxygen atoms in total. The number of carbonyl (C=O) groups is 1. The van der Waals surface area contributed by atoms with E-state index in [9.17, 15) is 9.90 Å². The van der Waals surface area contributed by atoms with E-state index in [0.717, 1.165) is 19.3 Å². The molecular weight excluding hydrogens is 206 g/mol. The number of hydrogen-bond donors (Lipinski definition) is 1. The van der Waals surface area contributed by atoms with Gasteiger partial charge in [-0.1, -0.05) is 0 Å². The van der Waals surface area contributed by atoms with Crippen LogP contribution in [-0.4, -0.2) is 39.9 Å². The first kappa shape index (κ1) is 10.4. The van der Waals surface area contributed by atoms with Crippen molar-refractivity contribution in [1.29, 1.82) is 0 Å². The number of amides is 1. The molecule has 4 atom stereocenters. The lowest BCUT2D eigenvalue weighted by atomic mass is 10.1. The molecule has 1 spiro atoms. The van der Waals surface area contributed by atoms with Gasteiger partial charge in [0.05, 0.1) is 12.1 Å². The van der Waals surface area contributed by atoms with Crippen LogP contribution in [0.4, 0.5) is 4.79 Å². The van der Waals surface area contributed by atoms with Crippen molar-refractivity contribution < 1.29 is 14.6 Å². The third kappa shape index (κ3) is 1.16. The molecule has 16 heavy (non-hydrogen) atoms. The molecule has 0 radical (unpaired) electrons. The van der Waals surface area contributed by atoms with Crippen molar-refractivity contribution in [2.75, 3.05) is 0 Å². The van der Waals surface area contributed by atoms with Gasteiger partial charge >= 0.3 is 6.09 Å². The Morgan fingerprint density at radius 1 is 1.50 bits per heavy atom. The molecule has 0 aromatic rings. The van der Waals surface area contributed by atoms with Crippen LogP contribution in [0.2, 0.25) is 0 Å². The van der Waals surface area contributed by atoms with Crippen LogP contribution in [0, 0.1) is 5.41 Å². The molecule has 0 aromatic heterocycles. The Morgan fingerprint density at radius 2 is 2.19 bits per heavy atom. The zero-order chi connectivity index (χ0) is 11.7. The van der Waals surface area contributed by atoms with Crippen molar-refractivity contribution in [3.05, 3.63) is 0 Å². The van der Waals surface area contributed by atoms with Crippen molar-refractivity contribution in [2.24, 2.45) is 5.41 Å². The molecule has 2 bridgehead atoms. The van der Waals surface area contributed by atoms with Crippen LogP contribution in [0.3, 0.4) is 0 Å². The van der Waals surface area contributed by atoms with Crippen molar-refractivity contribution in [3.8, 4) is 0 Å². The highest BCUT2D eigenvalue weighted by molar-refractivity contribution is 5.71. The molecule has 1 amide bonds. The van der Waals surface area contributed by atoms with Gasteiger partial charge in [-0.25, -0.2) is 4.79 Å². The van der Waals surface area contributed by atoms with Crippen LogP contribution in [0.15, 0.2) is 0 Å². The molecule has 1 heterocycles. The Bertz CT molecular complexity index is 349. The fourth-order valence-electron chi connectivity index (χ4n) is 3.53. The first-order valence-electron chi connectivity index (χ1n) is 6.04. The molecule has 3 rings (SSSR count). The molecule has 2 aliphatic carbocycles. The van der Waals surface area contributed by atoms with Gasteiger partial charge in [-0.3, -0.25) is 4.90 Å². The highest BCUT2D eigenvalue weighted by Crippen LogP contribution is 2.67. The van der Waals surface area contributed by atoms with E-state index in [2.05, 4.69) is 0 Å². The fraction of sp³-hybridized carbons (Fsp3) is 0.917. The summed E-state index contributed by atoms with van der Waals surface area (Å²) < 4.78 is 5.39. The lowest BCUT2D eigenvalue weighted by Crippen LogP contribution is -2.43. The van der Waals surface area contributed by atoms with Crippen LogP contribution in [-0.2, 0) is 4.74 Å². The summed E-state index contributed by atoms with van der Waals surface area (Å²) in [5, 5.41) is 9.89. The Balaban J connectivity index is 1.75. The first-order chi connectivity index (χ1) is 7.35. The van der Waals surface area contributed by atoms with E-state index in [-0.39, 0.29) is 23.7 Å². The number of ether oxygens (including phenoxy) is 1. The van der Waals surface area contributed by atoms with Gasteiger partial charge in [-0.2, -0.15) is 0 Å². The minimum Gasteiger partial charge on any atom is -0.444 e. The summed E-state index contributed by atoms with van der Waals surface area (Å²) in [6, 6.07) is 0.351. The van der Waals surface area contributed by atoms with E-state index in [1.54, 1.807) is 4.90 Å². The number of nitrogens with zero attached hydrogens (tertiary/aromatic N) is 1. The van der Waals surface area contributed by atoms with E-state index in [4.69, 9.17) is 4.74 Å². The van der Waals surface area contributed by atoms with E-state index in [0.29, 0.717) is 6.04 Å². The number of aliphatic hydroxyl groups excluding tert-OH is 1. The van der Waals surface area contributed by atoms with Crippen molar-refractivity contribution in [3.63, 3.8) is 0 Å². The van der Waals surface area contributed by atoms with Crippen LogP contribution in [0.25, 0.3) is 0 Å². The summed E-state index contributed by atoms with van der Waals surface area (Å²) in [6.45, 7) is 5.62. The fourth-order valence-corrected chi connectivity index (χ4v) is 3.53. The summed E-state index contributed by atoms with van der Waals surface area (Å²) in [6.07, 6.45) is 2.51. The van der Waals surface area contributed by atoms with Gasteiger partial charge in [0, 0.05) is 11.5 Å². The monoisotopic (exact) mass is 225 g/mol. The Morgan fingerprint density at radius 3 is 2.75 bits per heavy atom. The van der Waals surface area contributed by atoms with Gasteiger partial charge in [-0.05, 0) is 40.0 Å². The SMILES string of the molecule is CC(C)(C)OC(=O)N1[C@H]2CCC3(C2)C(O)[C@@H]13. The second kappa shape index (κ2) is 2.73. The molecule has 90 valence electrons. The van der Waals surface area contributed by atoms with Gasteiger partial charge in [0.2, 0.25) is 0 Å². The molecular formula is C12H19NO3. The molecule has 3 fully saturated rings. The molecule has 2 saturated carbocycles. The summed E-state index contributed by atoms with van der Waals surface area (Å²) in [5.74, 6) is 0. The van der Waals surface area contributed by atoms with Gasteiger partial charge in [0.1, 0.15) is 5.60 Å². The summed E-state index contributed by atoms with van der Waals surface area (Å²) in [7, 11) is 0. The molecule has 2 unspecified atom stereocenters. The van der Waals surface area contributed by atoms with Crippen LogP contribution >= 0.6 is 0 Å². The zero-order valence-electron chi connectivity index (χ0n) is 10.1. The number of piperidine rings is 2. The molecule has 3 aliphatic rings. The number of hydrogen-bond acceptors (Lipinski definition) is 3. The first-order valence-corrected chi connectivity index (χ1v) is 6.04. The maximum Gasteiger partial charge on any atom is 0.410 e. The topological polar surface area (TPSA) is 49.8 Å². The lowest BCUT2D eigenvalue weighted by Gasteiger charge is -2.30. The maximum absolute atomic E-state index is 12.0. The van der Waals surface area contributed by atoms with Crippen LogP contribution in [0.5, 0.6) is 0 Å². The average Bonchev–Trinajstić information content (AvgIpc) is 2.56. The zero-order valence-corrected chi connectivity index (χ0v) is 10.1. The molecule has 1 aliphatic heterocycles. The third-order valence-corrected chi connectivity index (χ3v) is 4.22. The van der Waals surface area contributed by atoms with E-state index < -0.39 is 5.60 Å². The molecule has 0 aromatic carbocycles. The molecule has 1 N–H and O–H groups in total. The normalized spacial score (nSPS) is 44.5. The average molecular weight is 225 g/mol. The number of aliphatic hydroxyl groups is 1.